The van der Waals surface area contributed by atoms with E-state index in [4.69, 9.17) is 4.74 Å². The first-order chi connectivity index (χ1) is 13.1. The molecule has 2 fully saturated rings. The van der Waals surface area contributed by atoms with E-state index in [9.17, 15) is 4.79 Å². The standard InChI is InChI=1S/C21H27N3O2S/c1-16-5-11-27-19(16)20(25)24-9-6-21(7-10-24)12-18(15-26-21)23(2)14-17-4-3-8-22-13-17/h3-5,8,11,13,18H,6-7,9-10,12,14-15H2,1-2H3/t18-/m0/s1. The summed E-state index contributed by atoms with van der Waals surface area (Å²) >= 11 is 1.55. The second-order valence-corrected chi connectivity index (χ2v) is 8.77. The molecule has 6 heteroatoms. The molecule has 4 heterocycles. The number of likely N-dealkylation sites (N-methyl/N-ethyl adjacent to an activating group) is 1. The van der Waals surface area contributed by atoms with Crippen molar-refractivity contribution in [3.8, 4) is 0 Å². The SMILES string of the molecule is Cc1ccsc1C(=O)N1CCC2(CC1)C[C@H](N(C)Cc1cccnc1)CO2. The molecule has 0 aromatic carbocycles. The van der Waals surface area contributed by atoms with Gasteiger partial charge in [-0.1, -0.05) is 6.07 Å². The van der Waals surface area contributed by atoms with Crippen LogP contribution in [0.1, 0.15) is 40.1 Å². The number of carbonyl (C=O) groups is 1. The van der Waals surface area contributed by atoms with E-state index in [1.807, 2.05) is 41.7 Å². The zero-order valence-electron chi connectivity index (χ0n) is 16.1. The zero-order valence-corrected chi connectivity index (χ0v) is 16.9. The summed E-state index contributed by atoms with van der Waals surface area (Å²) in [6.07, 6.45) is 6.65. The molecule has 0 unspecified atom stereocenters. The third-order valence-corrected chi connectivity index (χ3v) is 6.99. The summed E-state index contributed by atoms with van der Waals surface area (Å²) in [7, 11) is 2.16. The van der Waals surface area contributed by atoms with Crippen molar-refractivity contribution in [1.82, 2.24) is 14.8 Å². The van der Waals surface area contributed by atoms with Crippen LogP contribution in [0.15, 0.2) is 36.0 Å². The minimum atomic E-state index is -0.0604. The van der Waals surface area contributed by atoms with Crippen molar-refractivity contribution in [2.75, 3.05) is 26.7 Å². The molecule has 27 heavy (non-hydrogen) atoms. The van der Waals surface area contributed by atoms with Crippen molar-refractivity contribution in [3.63, 3.8) is 0 Å². The molecule has 2 aliphatic rings. The Hall–Kier alpha value is -1.76. The highest BCUT2D eigenvalue weighted by atomic mass is 32.1. The molecule has 2 saturated heterocycles. The summed E-state index contributed by atoms with van der Waals surface area (Å²) in [5, 5.41) is 2.00. The molecule has 0 aliphatic carbocycles. The molecular weight excluding hydrogens is 358 g/mol. The van der Waals surface area contributed by atoms with Crippen LogP contribution >= 0.6 is 11.3 Å². The van der Waals surface area contributed by atoms with Gasteiger partial charge in [-0.2, -0.15) is 0 Å². The minimum Gasteiger partial charge on any atom is -0.373 e. The first-order valence-corrected chi connectivity index (χ1v) is 10.5. The molecule has 5 nitrogen and oxygen atoms in total. The first kappa shape index (κ1) is 18.6. The van der Waals surface area contributed by atoms with Gasteiger partial charge >= 0.3 is 0 Å². The number of likely N-dealkylation sites (tertiary alicyclic amines) is 1. The highest BCUT2D eigenvalue weighted by molar-refractivity contribution is 7.12. The van der Waals surface area contributed by atoms with Gasteiger partial charge in [-0.15, -0.1) is 11.3 Å². The number of carbonyl (C=O) groups excluding carboxylic acids is 1. The molecule has 2 aromatic rings. The Morgan fingerprint density at radius 1 is 1.41 bits per heavy atom. The van der Waals surface area contributed by atoms with E-state index in [1.54, 1.807) is 11.3 Å². The molecule has 0 bridgehead atoms. The number of ether oxygens (including phenoxy) is 1. The number of aryl methyl sites for hydroxylation is 1. The number of hydrogen-bond donors (Lipinski definition) is 0. The lowest BCUT2D eigenvalue weighted by molar-refractivity contribution is -0.0392. The smallest absolute Gasteiger partial charge is 0.264 e. The van der Waals surface area contributed by atoms with Gasteiger partial charge < -0.3 is 9.64 Å². The second-order valence-electron chi connectivity index (χ2n) is 7.85. The fraction of sp³-hybridized carbons (Fsp3) is 0.524. The molecule has 0 saturated carbocycles. The van der Waals surface area contributed by atoms with Gasteiger partial charge in [0.25, 0.3) is 5.91 Å². The molecule has 0 radical (unpaired) electrons. The monoisotopic (exact) mass is 385 g/mol. The van der Waals surface area contributed by atoms with Crippen LogP contribution in [0.3, 0.4) is 0 Å². The average molecular weight is 386 g/mol. The Labute approximate surface area is 165 Å². The Balaban J connectivity index is 1.33. The van der Waals surface area contributed by atoms with Gasteiger partial charge in [0.2, 0.25) is 0 Å². The van der Waals surface area contributed by atoms with Crippen molar-refractivity contribution in [2.24, 2.45) is 0 Å². The van der Waals surface area contributed by atoms with Gasteiger partial charge in [-0.3, -0.25) is 14.7 Å². The van der Waals surface area contributed by atoms with Crippen LogP contribution in [0.2, 0.25) is 0 Å². The van der Waals surface area contributed by atoms with E-state index < -0.39 is 0 Å². The maximum absolute atomic E-state index is 12.7. The quantitative estimate of drug-likeness (QED) is 0.810. The third kappa shape index (κ3) is 3.93. The zero-order chi connectivity index (χ0) is 18.9. The first-order valence-electron chi connectivity index (χ1n) is 9.63. The minimum absolute atomic E-state index is 0.0604. The molecule has 4 rings (SSSR count). The van der Waals surface area contributed by atoms with E-state index in [-0.39, 0.29) is 11.5 Å². The van der Waals surface area contributed by atoms with E-state index in [0.717, 1.165) is 55.9 Å². The molecule has 1 atom stereocenters. The largest absolute Gasteiger partial charge is 0.373 e. The highest BCUT2D eigenvalue weighted by Crippen LogP contribution is 2.38. The molecule has 144 valence electrons. The van der Waals surface area contributed by atoms with Crippen molar-refractivity contribution < 1.29 is 9.53 Å². The van der Waals surface area contributed by atoms with Gasteiger partial charge in [-0.25, -0.2) is 0 Å². The highest BCUT2D eigenvalue weighted by Gasteiger charge is 2.44. The van der Waals surface area contributed by atoms with E-state index in [0.29, 0.717) is 6.04 Å². The van der Waals surface area contributed by atoms with Crippen molar-refractivity contribution in [2.45, 2.75) is 44.4 Å². The van der Waals surface area contributed by atoms with E-state index in [2.05, 4.69) is 23.0 Å². The van der Waals surface area contributed by atoms with Gasteiger partial charge in [0.05, 0.1) is 17.1 Å². The number of piperidine rings is 1. The van der Waals surface area contributed by atoms with Crippen LogP contribution in [-0.2, 0) is 11.3 Å². The van der Waals surface area contributed by atoms with Crippen molar-refractivity contribution >= 4 is 17.2 Å². The van der Waals surface area contributed by atoms with Gasteiger partial charge in [0, 0.05) is 38.1 Å². The lowest BCUT2D eigenvalue weighted by atomic mass is 9.87. The average Bonchev–Trinajstić information content (AvgIpc) is 3.29. The lowest BCUT2D eigenvalue weighted by Crippen LogP contribution is -2.47. The number of rotatable bonds is 4. The van der Waals surface area contributed by atoms with E-state index in [1.165, 1.54) is 5.56 Å². The number of hydrogen-bond acceptors (Lipinski definition) is 5. The van der Waals surface area contributed by atoms with Crippen LogP contribution in [-0.4, -0.2) is 59.1 Å². The summed E-state index contributed by atoms with van der Waals surface area (Å²) < 4.78 is 6.30. The molecule has 1 amide bonds. The van der Waals surface area contributed by atoms with Gasteiger partial charge in [0.15, 0.2) is 0 Å². The van der Waals surface area contributed by atoms with Crippen molar-refractivity contribution in [3.05, 3.63) is 52.0 Å². The Kier molecular flexibility index (Phi) is 5.30. The molecule has 1 spiro atoms. The molecule has 0 N–H and O–H groups in total. The summed E-state index contributed by atoms with van der Waals surface area (Å²) in [6.45, 7) is 5.25. The Morgan fingerprint density at radius 2 is 2.22 bits per heavy atom. The van der Waals surface area contributed by atoms with Crippen LogP contribution in [0, 0.1) is 6.92 Å². The number of nitrogens with zero attached hydrogens (tertiary/aromatic N) is 3. The Bertz CT molecular complexity index is 784. The fourth-order valence-electron chi connectivity index (χ4n) is 4.21. The summed E-state index contributed by atoms with van der Waals surface area (Å²) in [4.78, 5) is 22.2. The summed E-state index contributed by atoms with van der Waals surface area (Å²) in [5.41, 5.74) is 2.25. The number of thiophene rings is 1. The third-order valence-electron chi connectivity index (χ3n) is 5.99. The van der Waals surface area contributed by atoms with Crippen LogP contribution in [0.5, 0.6) is 0 Å². The predicted molar refractivity (Wildman–Crippen MR) is 107 cm³/mol. The molecule has 2 aliphatic heterocycles. The predicted octanol–water partition coefficient (Wildman–Crippen LogP) is 3.35. The Morgan fingerprint density at radius 3 is 2.89 bits per heavy atom. The maximum atomic E-state index is 12.7. The maximum Gasteiger partial charge on any atom is 0.264 e. The number of aromatic nitrogens is 1. The lowest BCUT2D eigenvalue weighted by Gasteiger charge is -2.39. The second kappa shape index (κ2) is 7.70. The topological polar surface area (TPSA) is 45.7 Å². The van der Waals surface area contributed by atoms with Crippen LogP contribution in [0.25, 0.3) is 0 Å². The summed E-state index contributed by atoms with van der Waals surface area (Å²) in [5.74, 6) is 0.181. The van der Waals surface area contributed by atoms with Gasteiger partial charge in [0.1, 0.15) is 0 Å². The normalized spacial score (nSPS) is 21.9. The van der Waals surface area contributed by atoms with Crippen LogP contribution < -0.4 is 0 Å². The molecule has 2 aromatic heterocycles. The van der Waals surface area contributed by atoms with Crippen molar-refractivity contribution in [1.29, 1.82) is 0 Å². The number of pyridine rings is 1. The molecular formula is C21H27N3O2S. The fourth-order valence-corrected chi connectivity index (χ4v) is 5.11. The summed E-state index contributed by atoms with van der Waals surface area (Å²) in [6, 6.07) is 6.54. The van der Waals surface area contributed by atoms with Gasteiger partial charge in [-0.05, 0) is 61.9 Å². The van der Waals surface area contributed by atoms with E-state index >= 15 is 0 Å². The van der Waals surface area contributed by atoms with Crippen LogP contribution in [0.4, 0.5) is 0 Å². The number of amides is 1.